The molecule has 0 atom stereocenters. The molecular formula is H3BGe3O6. The van der Waals surface area contributed by atoms with Gasteiger partial charge in [0.05, 0.1) is 0 Å². The van der Waals surface area contributed by atoms with E-state index < -0.39 is 47.1 Å². The van der Waals surface area contributed by atoms with E-state index in [2.05, 4.69) is 0 Å². The summed E-state index contributed by atoms with van der Waals surface area (Å²) < 4.78 is 51.2. The predicted molar refractivity (Wildman–Crippen MR) is 29.3 cm³/mol. The zero-order chi connectivity index (χ0) is 8.12. The van der Waals surface area contributed by atoms with Gasteiger partial charge >= 0.3 is 79.3 Å². The van der Waals surface area contributed by atoms with Crippen molar-refractivity contribution in [1.82, 2.24) is 0 Å². The first-order valence-corrected chi connectivity index (χ1v) is 7.35. The Hall–Kier alpha value is 0.494. The van der Waals surface area contributed by atoms with Crippen LogP contribution in [0.5, 0.6) is 0 Å². The van der Waals surface area contributed by atoms with Crippen molar-refractivity contribution in [1.29, 1.82) is 0 Å². The van der Waals surface area contributed by atoms with Gasteiger partial charge in [-0.25, -0.2) is 0 Å². The third-order valence-electron chi connectivity index (χ3n) is 0. The minimum atomic E-state index is -2.19. The molecule has 6 nitrogen and oxygen atoms in total. The summed E-state index contributed by atoms with van der Waals surface area (Å²) in [5.41, 5.74) is 0. The van der Waals surface area contributed by atoms with Crippen LogP contribution in [0.3, 0.4) is 0 Å². The summed E-state index contributed by atoms with van der Waals surface area (Å²) in [5.74, 6) is 0. The summed E-state index contributed by atoms with van der Waals surface area (Å²) in [7, 11) is 0. The first-order chi connectivity index (χ1) is 4.24. The van der Waals surface area contributed by atoms with E-state index in [1.807, 2.05) is 0 Å². The average molecular weight is 328 g/mol. The standard InChI is InChI=1S/B.3GeHO2/c;3*2-1-3/h;3*1H/q+3;3*-1. The fraction of sp³-hybridized carbons (Fsp3) is 0. The van der Waals surface area contributed by atoms with Gasteiger partial charge in [-0.2, -0.15) is 0 Å². The molecule has 0 rings (SSSR count). The molecule has 0 aromatic rings. The SMILES string of the molecule is [B+3].[O]=[GeH][O-].[O]=[GeH][O-].[O]=[GeH][O-]. The van der Waals surface area contributed by atoms with Crippen molar-refractivity contribution in [2.75, 3.05) is 0 Å². The molecule has 0 saturated carbocycles. The first-order valence-electron chi connectivity index (χ1n) is 1.41. The quantitative estimate of drug-likeness (QED) is 0.408. The molecule has 0 bridgehead atoms. The summed E-state index contributed by atoms with van der Waals surface area (Å²) in [6.45, 7) is 0. The summed E-state index contributed by atoms with van der Waals surface area (Å²) in [4.78, 5) is 0. The van der Waals surface area contributed by atoms with Gasteiger partial charge in [0.15, 0.2) is 0 Å². The molecule has 0 saturated heterocycles. The monoisotopic (exact) mass is 332 g/mol. The molecule has 10 heavy (non-hydrogen) atoms. The van der Waals surface area contributed by atoms with Crippen molar-refractivity contribution in [3.63, 3.8) is 0 Å². The van der Waals surface area contributed by atoms with Gasteiger partial charge in [-0.3, -0.25) is 0 Å². The molecule has 0 heterocycles. The van der Waals surface area contributed by atoms with Crippen LogP contribution in [0.15, 0.2) is 0 Å². The minimum absolute atomic E-state index is 0. The van der Waals surface area contributed by atoms with E-state index >= 15 is 0 Å². The molecular weight excluding hydrogens is 325 g/mol. The van der Waals surface area contributed by atoms with Crippen molar-refractivity contribution in [3.8, 4) is 0 Å². The molecule has 0 amide bonds. The third kappa shape index (κ3) is 1960. The summed E-state index contributed by atoms with van der Waals surface area (Å²) in [5, 5.41) is 0. The molecule has 0 aliphatic carbocycles. The van der Waals surface area contributed by atoms with Crippen LogP contribution in [0.4, 0.5) is 0 Å². The van der Waals surface area contributed by atoms with Crippen LogP contribution in [0.2, 0.25) is 0 Å². The zero-order valence-electron chi connectivity index (χ0n) is 4.76. The predicted octanol–water partition coefficient (Wildman–Crippen LogP) is -6.25. The van der Waals surface area contributed by atoms with Crippen molar-refractivity contribution >= 4 is 55.5 Å². The Morgan fingerprint density at radius 1 is 0.700 bits per heavy atom. The van der Waals surface area contributed by atoms with Crippen LogP contribution >= 0.6 is 0 Å². The van der Waals surface area contributed by atoms with E-state index in [9.17, 15) is 0 Å². The van der Waals surface area contributed by atoms with Crippen LogP contribution < -0.4 is 12.4 Å². The second-order valence-corrected chi connectivity index (χ2v) is 1.50. The molecule has 0 aromatic heterocycles. The Balaban J connectivity index is -0.0000000257. The van der Waals surface area contributed by atoms with Crippen LogP contribution in [0.25, 0.3) is 0 Å². The normalized spacial score (nSPS) is 3.60. The molecule has 0 aliphatic heterocycles. The molecule has 0 N–H and O–H groups in total. The van der Waals surface area contributed by atoms with Crippen molar-refractivity contribution in [2.24, 2.45) is 0 Å². The molecule has 0 aromatic carbocycles. The van der Waals surface area contributed by atoms with E-state index in [1.54, 1.807) is 0 Å². The van der Waals surface area contributed by atoms with Crippen molar-refractivity contribution in [2.45, 2.75) is 0 Å². The maximum atomic E-state index is 8.53. The molecule has 0 aliphatic rings. The first kappa shape index (κ1) is 22.4. The van der Waals surface area contributed by atoms with E-state index in [0.29, 0.717) is 0 Å². The molecule has 10 heteroatoms. The van der Waals surface area contributed by atoms with Gasteiger partial charge in [-0.15, -0.1) is 0 Å². The van der Waals surface area contributed by atoms with Crippen LogP contribution in [0.1, 0.15) is 0 Å². The van der Waals surface area contributed by atoms with Crippen LogP contribution in [0, 0.1) is 0 Å². The zero-order valence-corrected chi connectivity index (χ0v) is 12.0. The van der Waals surface area contributed by atoms with Crippen molar-refractivity contribution in [3.05, 3.63) is 0 Å². The number of hydrogen-bond acceptors (Lipinski definition) is 6. The average Bonchev–Trinajstić information content (AvgIpc) is 1.70. The topological polar surface area (TPSA) is 120 Å². The fourth-order valence-corrected chi connectivity index (χ4v) is 0. The van der Waals surface area contributed by atoms with Crippen LogP contribution in [-0.2, 0) is 11.3 Å². The Morgan fingerprint density at radius 3 is 0.700 bits per heavy atom. The molecule has 0 unspecified atom stereocenters. The van der Waals surface area contributed by atoms with Gasteiger partial charge < -0.3 is 0 Å². The van der Waals surface area contributed by atoms with Crippen LogP contribution in [-0.4, -0.2) is 55.5 Å². The van der Waals surface area contributed by atoms with E-state index in [0.717, 1.165) is 0 Å². The second kappa shape index (κ2) is 56.1. The summed E-state index contributed by atoms with van der Waals surface area (Å²) >= 11 is -6.56. The van der Waals surface area contributed by atoms with Gasteiger partial charge in [-0.1, -0.05) is 0 Å². The molecule has 54 valence electrons. The molecule has 0 spiro atoms. The third-order valence-corrected chi connectivity index (χ3v) is 0. The van der Waals surface area contributed by atoms with E-state index in [1.165, 1.54) is 0 Å². The Bertz CT molecular complexity index is 49.7. The number of hydrogen-bond donors (Lipinski definition) is 0. The Labute approximate surface area is 79.1 Å². The van der Waals surface area contributed by atoms with Gasteiger partial charge in [-0.05, 0) is 0 Å². The molecule has 0 radical (unpaired) electrons. The number of rotatable bonds is 0. The van der Waals surface area contributed by atoms with Gasteiger partial charge in [0.25, 0.3) is 0 Å². The Kier molecular flexibility index (Phi) is 126. The van der Waals surface area contributed by atoms with E-state index in [-0.39, 0.29) is 8.41 Å². The summed E-state index contributed by atoms with van der Waals surface area (Å²) in [6.07, 6.45) is 0. The second-order valence-electron chi connectivity index (χ2n) is 0.289. The van der Waals surface area contributed by atoms with E-state index in [4.69, 9.17) is 23.7 Å². The molecule has 0 fully saturated rings. The maximum absolute atomic E-state index is 8.53. The van der Waals surface area contributed by atoms with Crippen molar-refractivity contribution < 1.29 is 23.7 Å². The van der Waals surface area contributed by atoms with Gasteiger partial charge in [0, 0.05) is 0 Å². The Morgan fingerprint density at radius 2 is 0.700 bits per heavy atom. The van der Waals surface area contributed by atoms with Gasteiger partial charge in [0.1, 0.15) is 0 Å². The summed E-state index contributed by atoms with van der Waals surface area (Å²) in [6, 6.07) is 0. The fourth-order valence-electron chi connectivity index (χ4n) is 0. The van der Waals surface area contributed by atoms with Gasteiger partial charge in [0.2, 0.25) is 0 Å².